The van der Waals surface area contributed by atoms with Crippen LogP contribution in [0.25, 0.3) is 0 Å². The summed E-state index contributed by atoms with van der Waals surface area (Å²) in [6, 6.07) is 16.3. The van der Waals surface area contributed by atoms with E-state index in [0.717, 1.165) is 10.1 Å². The normalized spacial score (nSPS) is 21.7. The van der Waals surface area contributed by atoms with E-state index in [1.165, 1.54) is 39.4 Å². The van der Waals surface area contributed by atoms with Crippen molar-refractivity contribution in [2.24, 2.45) is 0 Å². The molecule has 12 nitrogen and oxygen atoms in total. The summed E-state index contributed by atoms with van der Waals surface area (Å²) >= 11 is 0. The molecule has 0 amide bonds. The number of rotatable bonds is 14. The van der Waals surface area contributed by atoms with Crippen molar-refractivity contribution < 1.29 is 37.3 Å². The SMILES string of the molecule is BOC(COP(=O)(N[C@@H](C)C(=O)OCc1ccccc1)Oc1ccccc1)C(O)C1(F)C[C@H]1n1ccc(N)nc1=O. The summed E-state index contributed by atoms with van der Waals surface area (Å²) in [5.74, 6) is -0.564. The van der Waals surface area contributed by atoms with Gasteiger partial charge in [0.25, 0.3) is 8.05 Å². The van der Waals surface area contributed by atoms with Crippen LogP contribution in [0.2, 0.25) is 0 Å². The van der Waals surface area contributed by atoms with Crippen molar-refractivity contribution in [3.63, 3.8) is 0 Å². The Kier molecular flexibility index (Phi) is 9.62. The first kappa shape index (κ1) is 30.4. The van der Waals surface area contributed by atoms with Gasteiger partial charge in [-0.05, 0) is 30.7 Å². The number of nitrogens with zero attached hydrogens (tertiary/aromatic N) is 2. The van der Waals surface area contributed by atoms with E-state index in [4.69, 9.17) is 24.2 Å². The van der Waals surface area contributed by atoms with Crippen molar-refractivity contribution in [2.75, 3.05) is 12.3 Å². The van der Waals surface area contributed by atoms with Gasteiger partial charge in [-0.1, -0.05) is 48.5 Å². The number of nitrogens with two attached hydrogens (primary N) is 1. The molecule has 0 bridgehead atoms. The highest BCUT2D eigenvalue weighted by molar-refractivity contribution is 7.52. The summed E-state index contributed by atoms with van der Waals surface area (Å²) in [6.07, 6.45) is -2.00. The van der Waals surface area contributed by atoms with Gasteiger partial charge in [0.15, 0.2) is 5.67 Å². The van der Waals surface area contributed by atoms with Gasteiger partial charge in [0.2, 0.25) is 0 Å². The zero-order valence-electron chi connectivity index (χ0n) is 22.5. The van der Waals surface area contributed by atoms with Crippen LogP contribution in [-0.4, -0.2) is 59.2 Å². The van der Waals surface area contributed by atoms with E-state index in [1.807, 2.05) is 6.07 Å². The Morgan fingerprint density at radius 3 is 2.54 bits per heavy atom. The van der Waals surface area contributed by atoms with E-state index in [-0.39, 0.29) is 24.6 Å². The molecule has 41 heavy (non-hydrogen) atoms. The molecule has 15 heteroatoms. The number of hydrogen-bond donors (Lipinski definition) is 3. The van der Waals surface area contributed by atoms with E-state index >= 15 is 4.39 Å². The molecule has 1 saturated carbocycles. The molecule has 4 rings (SSSR count). The van der Waals surface area contributed by atoms with Crippen LogP contribution in [0.1, 0.15) is 24.9 Å². The molecule has 3 aromatic rings. The van der Waals surface area contributed by atoms with Crippen LogP contribution in [0.15, 0.2) is 77.7 Å². The van der Waals surface area contributed by atoms with Gasteiger partial charge in [0, 0.05) is 12.6 Å². The Bertz CT molecular complexity index is 1440. The highest BCUT2D eigenvalue weighted by Gasteiger charge is 2.64. The molecule has 0 radical (unpaired) electrons. The van der Waals surface area contributed by atoms with Crippen molar-refractivity contribution in [3.05, 3.63) is 89.0 Å². The number of aromatic nitrogens is 2. The average Bonchev–Trinajstić information content (AvgIpc) is 3.64. The number of aliphatic hydroxyl groups is 1. The molecule has 0 aliphatic heterocycles. The third-order valence-corrected chi connectivity index (χ3v) is 8.18. The van der Waals surface area contributed by atoms with Crippen LogP contribution in [0.4, 0.5) is 10.2 Å². The molecule has 0 saturated heterocycles. The van der Waals surface area contributed by atoms with Crippen LogP contribution in [0.3, 0.4) is 0 Å². The summed E-state index contributed by atoms with van der Waals surface area (Å²) in [4.78, 5) is 28.4. The molecular formula is C26H31BFN4O8P. The van der Waals surface area contributed by atoms with Crippen molar-refractivity contribution in [2.45, 2.75) is 49.9 Å². The van der Waals surface area contributed by atoms with E-state index in [0.29, 0.717) is 0 Å². The molecule has 1 aliphatic rings. The first-order valence-electron chi connectivity index (χ1n) is 12.8. The Morgan fingerprint density at radius 2 is 1.90 bits per heavy atom. The number of esters is 1. The van der Waals surface area contributed by atoms with Crippen LogP contribution in [0.5, 0.6) is 5.75 Å². The first-order valence-corrected chi connectivity index (χ1v) is 14.3. The van der Waals surface area contributed by atoms with Gasteiger partial charge < -0.3 is 24.8 Å². The van der Waals surface area contributed by atoms with Crippen molar-refractivity contribution in [1.82, 2.24) is 14.6 Å². The Labute approximate surface area is 236 Å². The number of anilines is 1. The molecule has 0 spiro atoms. The van der Waals surface area contributed by atoms with Gasteiger partial charge in [-0.15, -0.1) is 0 Å². The van der Waals surface area contributed by atoms with Crippen LogP contribution in [-0.2, 0) is 29.9 Å². The lowest BCUT2D eigenvalue weighted by molar-refractivity contribution is -0.146. The number of hydrogen-bond acceptors (Lipinski definition) is 10. The maximum atomic E-state index is 15.7. The van der Waals surface area contributed by atoms with Gasteiger partial charge >= 0.3 is 19.4 Å². The Balaban J connectivity index is 1.44. The summed E-state index contributed by atoms with van der Waals surface area (Å²) in [6.45, 7) is 0.832. The zero-order valence-corrected chi connectivity index (χ0v) is 23.4. The molecule has 1 fully saturated rings. The van der Waals surface area contributed by atoms with Crippen molar-refractivity contribution in [1.29, 1.82) is 0 Å². The topological polar surface area (TPSA) is 164 Å². The molecule has 4 N–H and O–H groups in total. The standard InChI is InChI=1S/C26H31BFN4O8P/c1-17(24(34)37-15-18-8-4-2-5-9-18)31-41(36,40-19-10-6-3-7-11-19)38-16-20(39-27)23(33)26(28)14-21(26)32-13-12-22(29)30-25(32)35/h2-13,17,20-21,23,33H,14-16,27H2,1H3,(H,31,36)(H2,29,30,35)/t17-,20?,21+,23?,26?,41?/m0/s1. The summed E-state index contributed by atoms with van der Waals surface area (Å²) in [5, 5.41) is 13.4. The van der Waals surface area contributed by atoms with Crippen molar-refractivity contribution >= 4 is 27.6 Å². The number of ether oxygens (including phenoxy) is 1. The molecule has 6 atom stereocenters. The number of aliphatic hydroxyl groups excluding tert-OH is 1. The van der Waals surface area contributed by atoms with Gasteiger partial charge in [0.05, 0.1) is 18.8 Å². The smallest absolute Gasteiger partial charge is 0.459 e. The minimum absolute atomic E-state index is 0.000693. The van der Waals surface area contributed by atoms with Gasteiger partial charge in [0.1, 0.15) is 30.3 Å². The van der Waals surface area contributed by atoms with Crippen molar-refractivity contribution in [3.8, 4) is 5.75 Å². The highest BCUT2D eigenvalue weighted by atomic mass is 31.2. The fourth-order valence-corrected chi connectivity index (χ4v) is 5.67. The number of nitrogen functional groups attached to an aromatic ring is 1. The lowest BCUT2D eigenvalue weighted by Gasteiger charge is -2.28. The second-order valence-electron chi connectivity index (χ2n) is 9.55. The molecule has 4 unspecified atom stereocenters. The fourth-order valence-electron chi connectivity index (χ4n) is 4.17. The molecule has 1 aliphatic carbocycles. The minimum atomic E-state index is -4.32. The number of carbonyl (C=O) groups excluding carboxylic acids is 1. The lowest BCUT2D eigenvalue weighted by atomic mass is 10.1. The third kappa shape index (κ3) is 7.60. The fraction of sp³-hybridized carbons (Fsp3) is 0.346. The third-order valence-electron chi connectivity index (χ3n) is 6.54. The number of alkyl halides is 1. The average molecular weight is 588 g/mol. The monoisotopic (exact) mass is 588 g/mol. The first-order chi connectivity index (χ1) is 19.5. The Hall–Kier alpha value is -3.55. The maximum absolute atomic E-state index is 15.7. The minimum Gasteiger partial charge on any atom is -0.460 e. The predicted molar refractivity (Wildman–Crippen MR) is 149 cm³/mol. The van der Waals surface area contributed by atoms with Gasteiger partial charge in [-0.3, -0.25) is 13.9 Å². The molecule has 1 aromatic heterocycles. The van der Waals surface area contributed by atoms with Crippen LogP contribution < -0.4 is 21.0 Å². The quantitative estimate of drug-likeness (QED) is 0.143. The summed E-state index contributed by atoms with van der Waals surface area (Å²) in [7, 11) is -3.10. The number of nitrogens with one attached hydrogen (secondary N) is 1. The molecular weight excluding hydrogens is 557 g/mol. The van der Waals surface area contributed by atoms with Gasteiger partial charge in [-0.2, -0.15) is 10.1 Å². The van der Waals surface area contributed by atoms with Crippen LogP contribution in [0, 0.1) is 0 Å². The van der Waals surface area contributed by atoms with E-state index in [2.05, 4.69) is 10.1 Å². The second-order valence-corrected chi connectivity index (χ2v) is 11.2. The second kappa shape index (κ2) is 13.0. The Morgan fingerprint density at radius 1 is 1.24 bits per heavy atom. The summed E-state index contributed by atoms with van der Waals surface area (Å²) < 4.78 is 52.2. The van der Waals surface area contributed by atoms with Gasteiger partial charge in [-0.25, -0.2) is 13.8 Å². The maximum Gasteiger partial charge on any atom is 0.459 e. The zero-order chi connectivity index (χ0) is 29.6. The number of carbonyl (C=O) groups is 1. The van der Waals surface area contributed by atoms with E-state index < -0.39 is 56.0 Å². The molecule has 1 heterocycles. The van der Waals surface area contributed by atoms with E-state index in [9.17, 15) is 19.3 Å². The lowest BCUT2D eigenvalue weighted by Crippen LogP contribution is -2.43. The molecule has 2 aromatic carbocycles. The largest absolute Gasteiger partial charge is 0.460 e. The van der Waals surface area contributed by atoms with E-state index in [1.54, 1.807) is 42.5 Å². The predicted octanol–water partition coefficient (Wildman–Crippen LogP) is 1.70. The summed E-state index contributed by atoms with van der Waals surface area (Å²) in [5.41, 5.74) is 3.25. The number of para-hydroxylation sites is 1. The molecule has 218 valence electrons. The number of halogens is 1. The number of benzene rings is 2. The van der Waals surface area contributed by atoms with Crippen LogP contribution >= 0.6 is 7.75 Å². The highest BCUT2D eigenvalue weighted by Crippen LogP contribution is 2.54.